The van der Waals surface area contributed by atoms with Gasteiger partial charge in [0, 0.05) is 13.7 Å². The molecule has 0 atom stereocenters. The first-order valence-electron chi connectivity index (χ1n) is 6.27. The Morgan fingerprint density at radius 3 is 2.65 bits per heavy atom. The lowest BCUT2D eigenvalue weighted by Gasteiger charge is -2.40. The van der Waals surface area contributed by atoms with Crippen LogP contribution in [0.2, 0.25) is 0 Å². The maximum Gasteiger partial charge on any atom is 0.242 e. The molecule has 0 unspecified atom stereocenters. The summed E-state index contributed by atoms with van der Waals surface area (Å²) in [6.07, 6.45) is 2.72. The fourth-order valence-corrected chi connectivity index (χ4v) is 3.42. The predicted octanol–water partition coefficient (Wildman–Crippen LogP) is 0.988. The molecule has 0 radical (unpaired) electrons. The number of nitrogens with zero attached hydrogens (tertiary/aromatic N) is 1. The molecule has 1 aromatic rings. The first-order chi connectivity index (χ1) is 9.42. The molecule has 1 saturated carbocycles. The Balaban J connectivity index is 2.17. The molecule has 7 heteroatoms. The minimum Gasteiger partial charge on any atom is -0.398 e. The highest BCUT2D eigenvalue weighted by atomic mass is 32.2. The molecule has 0 spiro atoms. The SMILES string of the molecule is COC1(CNS(=O)(=O)c2ccc(C#N)cc2N)CCC1. The molecule has 1 fully saturated rings. The summed E-state index contributed by atoms with van der Waals surface area (Å²) in [5.74, 6) is 0. The van der Waals surface area contributed by atoms with Gasteiger partial charge in [-0.25, -0.2) is 13.1 Å². The van der Waals surface area contributed by atoms with Crippen LogP contribution in [0.25, 0.3) is 0 Å². The zero-order valence-electron chi connectivity index (χ0n) is 11.2. The molecular formula is C13H17N3O3S. The van der Waals surface area contributed by atoms with Crippen LogP contribution >= 0.6 is 0 Å². The summed E-state index contributed by atoms with van der Waals surface area (Å²) >= 11 is 0. The molecule has 1 aromatic carbocycles. The average Bonchev–Trinajstić information content (AvgIpc) is 2.37. The highest BCUT2D eigenvalue weighted by Gasteiger charge is 2.38. The number of nitrogens with one attached hydrogen (secondary N) is 1. The number of ether oxygens (including phenoxy) is 1. The van der Waals surface area contributed by atoms with Crippen molar-refractivity contribution in [3.05, 3.63) is 23.8 Å². The van der Waals surface area contributed by atoms with Gasteiger partial charge in [-0.05, 0) is 37.5 Å². The Hall–Kier alpha value is -1.62. The van der Waals surface area contributed by atoms with Crippen molar-refractivity contribution in [2.75, 3.05) is 19.4 Å². The van der Waals surface area contributed by atoms with Gasteiger partial charge in [-0.1, -0.05) is 0 Å². The molecule has 2 rings (SSSR count). The van der Waals surface area contributed by atoms with E-state index in [1.165, 1.54) is 18.2 Å². The van der Waals surface area contributed by atoms with E-state index < -0.39 is 15.6 Å². The van der Waals surface area contributed by atoms with Gasteiger partial charge in [0.1, 0.15) is 4.90 Å². The van der Waals surface area contributed by atoms with Crippen molar-refractivity contribution >= 4 is 15.7 Å². The van der Waals surface area contributed by atoms with Gasteiger partial charge in [0.15, 0.2) is 0 Å². The monoisotopic (exact) mass is 295 g/mol. The standard InChI is InChI=1S/C13H17N3O3S/c1-19-13(5-2-6-13)9-16-20(17,18)12-4-3-10(8-14)7-11(12)15/h3-4,7,16H,2,5-6,9,15H2,1H3. The molecule has 0 amide bonds. The predicted molar refractivity (Wildman–Crippen MR) is 74.3 cm³/mol. The van der Waals surface area contributed by atoms with E-state index in [1.807, 2.05) is 6.07 Å². The zero-order chi connectivity index (χ0) is 14.8. The minimum atomic E-state index is -3.70. The van der Waals surface area contributed by atoms with E-state index in [0.29, 0.717) is 5.56 Å². The molecule has 0 heterocycles. The van der Waals surface area contributed by atoms with Crippen LogP contribution in [0.15, 0.2) is 23.1 Å². The summed E-state index contributed by atoms with van der Waals surface area (Å²) < 4.78 is 32.4. The van der Waals surface area contributed by atoms with Crippen molar-refractivity contribution in [2.24, 2.45) is 0 Å². The number of sulfonamides is 1. The summed E-state index contributed by atoms with van der Waals surface area (Å²) in [5, 5.41) is 8.75. The number of benzene rings is 1. The fourth-order valence-electron chi connectivity index (χ4n) is 2.19. The van der Waals surface area contributed by atoms with Crippen molar-refractivity contribution in [1.29, 1.82) is 5.26 Å². The summed E-state index contributed by atoms with van der Waals surface area (Å²) in [6, 6.07) is 6.04. The third-order valence-corrected chi connectivity index (χ3v) is 5.19. The van der Waals surface area contributed by atoms with Gasteiger partial charge in [0.05, 0.1) is 22.9 Å². The van der Waals surface area contributed by atoms with E-state index in [-0.39, 0.29) is 17.1 Å². The van der Waals surface area contributed by atoms with E-state index in [1.54, 1.807) is 7.11 Å². The summed E-state index contributed by atoms with van der Waals surface area (Å²) in [7, 11) is -2.11. The lowest BCUT2D eigenvalue weighted by atomic mass is 9.80. The second-order valence-corrected chi connectivity index (χ2v) is 6.67. The maximum atomic E-state index is 12.2. The quantitative estimate of drug-likeness (QED) is 0.788. The first-order valence-corrected chi connectivity index (χ1v) is 7.75. The van der Waals surface area contributed by atoms with Gasteiger partial charge in [-0.3, -0.25) is 0 Å². The van der Waals surface area contributed by atoms with Crippen molar-refractivity contribution in [3.8, 4) is 6.07 Å². The van der Waals surface area contributed by atoms with Crippen LogP contribution < -0.4 is 10.5 Å². The van der Waals surface area contributed by atoms with Gasteiger partial charge in [0.2, 0.25) is 10.0 Å². The number of nitriles is 1. The normalized spacial score (nSPS) is 17.2. The molecule has 20 heavy (non-hydrogen) atoms. The molecule has 6 nitrogen and oxygen atoms in total. The maximum absolute atomic E-state index is 12.2. The fraction of sp³-hybridized carbons (Fsp3) is 0.462. The van der Waals surface area contributed by atoms with Gasteiger partial charge < -0.3 is 10.5 Å². The highest BCUT2D eigenvalue weighted by Crippen LogP contribution is 2.34. The van der Waals surface area contributed by atoms with E-state index in [9.17, 15) is 8.42 Å². The highest BCUT2D eigenvalue weighted by molar-refractivity contribution is 7.89. The van der Waals surface area contributed by atoms with Crippen LogP contribution in [0.5, 0.6) is 0 Å². The van der Waals surface area contributed by atoms with Crippen molar-refractivity contribution in [1.82, 2.24) is 4.72 Å². The van der Waals surface area contributed by atoms with Gasteiger partial charge in [-0.15, -0.1) is 0 Å². The largest absolute Gasteiger partial charge is 0.398 e. The second kappa shape index (κ2) is 5.40. The Bertz CT molecular complexity index is 640. The van der Waals surface area contributed by atoms with Gasteiger partial charge in [0.25, 0.3) is 0 Å². The summed E-state index contributed by atoms with van der Waals surface area (Å²) in [6.45, 7) is 0.227. The molecular weight excluding hydrogens is 278 g/mol. The van der Waals surface area contributed by atoms with Crippen LogP contribution in [0.4, 0.5) is 5.69 Å². The van der Waals surface area contributed by atoms with Crippen LogP contribution in [-0.4, -0.2) is 27.7 Å². The lowest BCUT2D eigenvalue weighted by Crippen LogP contribution is -2.49. The minimum absolute atomic E-state index is 0.0120. The van der Waals surface area contributed by atoms with Crippen LogP contribution in [0.1, 0.15) is 24.8 Å². The van der Waals surface area contributed by atoms with E-state index in [4.69, 9.17) is 15.7 Å². The number of methoxy groups -OCH3 is 1. The van der Waals surface area contributed by atoms with Crippen LogP contribution in [-0.2, 0) is 14.8 Å². The lowest BCUT2D eigenvalue weighted by molar-refractivity contribution is -0.0659. The molecule has 0 aromatic heterocycles. The third-order valence-electron chi connectivity index (χ3n) is 3.71. The molecule has 108 valence electrons. The molecule has 1 aliphatic rings. The van der Waals surface area contributed by atoms with Crippen molar-refractivity contribution in [3.63, 3.8) is 0 Å². The zero-order valence-corrected chi connectivity index (χ0v) is 12.0. The molecule has 1 aliphatic carbocycles. The molecule has 0 aliphatic heterocycles. The Morgan fingerprint density at radius 2 is 2.20 bits per heavy atom. The summed E-state index contributed by atoms with van der Waals surface area (Å²) in [5.41, 5.74) is 5.70. The Kier molecular flexibility index (Phi) is 3.99. The summed E-state index contributed by atoms with van der Waals surface area (Å²) in [4.78, 5) is -0.0120. The Morgan fingerprint density at radius 1 is 1.50 bits per heavy atom. The van der Waals surface area contributed by atoms with Crippen molar-refractivity contribution < 1.29 is 13.2 Å². The van der Waals surface area contributed by atoms with E-state index in [0.717, 1.165) is 19.3 Å². The smallest absolute Gasteiger partial charge is 0.242 e. The number of hydrogen-bond donors (Lipinski definition) is 2. The number of nitrogen functional groups attached to an aromatic ring is 1. The van der Waals surface area contributed by atoms with Crippen molar-refractivity contribution in [2.45, 2.75) is 29.8 Å². The second-order valence-electron chi connectivity index (χ2n) is 4.93. The first kappa shape index (κ1) is 14.8. The number of anilines is 1. The van der Waals surface area contributed by atoms with E-state index >= 15 is 0 Å². The van der Waals surface area contributed by atoms with Crippen LogP contribution in [0, 0.1) is 11.3 Å². The number of nitrogens with two attached hydrogens (primary N) is 1. The Labute approximate surface area is 118 Å². The van der Waals surface area contributed by atoms with E-state index in [2.05, 4.69) is 4.72 Å². The molecule has 0 saturated heterocycles. The van der Waals surface area contributed by atoms with Gasteiger partial charge in [-0.2, -0.15) is 5.26 Å². The van der Waals surface area contributed by atoms with Crippen LogP contribution in [0.3, 0.4) is 0 Å². The third kappa shape index (κ3) is 2.77. The molecule has 3 N–H and O–H groups in total. The number of rotatable bonds is 5. The van der Waals surface area contributed by atoms with Gasteiger partial charge >= 0.3 is 0 Å². The average molecular weight is 295 g/mol. The topological polar surface area (TPSA) is 105 Å². The molecule has 0 bridgehead atoms. The number of hydrogen-bond acceptors (Lipinski definition) is 5.